The van der Waals surface area contributed by atoms with Gasteiger partial charge in [-0.15, -0.1) is 0 Å². The van der Waals surface area contributed by atoms with Crippen LogP contribution in [0, 0.1) is 5.92 Å². The number of carbonyl (C=O) groups excluding carboxylic acids is 3. The number of primary amides is 1. The van der Waals surface area contributed by atoms with Gasteiger partial charge in [0, 0.05) is 13.1 Å². The fraction of sp³-hybridized carbons (Fsp3) is 0.571. The van der Waals surface area contributed by atoms with Gasteiger partial charge in [0.05, 0.1) is 12.6 Å². The first kappa shape index (κ1) is 20.3. The second kappa shape index (κ2) is 9.68. The van der Waals surface area contributed by atoms with Gasteiger partial charge < -0.3 is 16.0 Å². The molecule has 3 rings (SSSR count). The number of rotatable bonds is 8. The number of benzene rings is 1. The SMILES string of the molecule is NC(=O)CN[C@@H](C(=O)N1CC[C@H]1C(=O)NCc1ccccc1)C1CCCCC1. The zero-order valence-corrected chi connectivity index (χ0v) is 16.2. The summed E-state index contributed by atoms with van der Waals surface area (Å²) in [6, 6.07) is 8.82. The van der Waals surface area contributed by atoms with Gasteiger partial charge in [-0.25, -0.2) is 0 Å². The molecule has 1 aromatic rings. The minimum absolute atomic E-state index is 0.0222. The van der Waals surface area contributed by atoms with Crippen LogP contribution in [0.2, 0.25) is 0 Å². The molecule has 1 aromatic carbocycles. The Hall–Kier alpha value is -2.41. The second-order valence-electron chi connectivity index (χ2n) is 7.76. The van der Waals surface area contributed by atoms with E-state index in [9.17, 15) is 14.4 Å². The Labute approximate surface area is 166 Å². The summed E-state index contributed by atoms with van der Waals surface area (Å²) < 4.78 is 0. The maximum absolute atomic E-state index is 13.2. The lowest BCUT2D eigenvalue weighted by atomic mass is 9.82. The highest BCUT2D eigenvalue weighted by Gasteiger charge is 2.42. The molecule has 1 aliphatic heterocycles. The molecule has 0 radical (unpaired) electrons. The highest BCUT2D eigenvalue weighted by atomic mass is 16.2. The Balaban J connectivity index is 1.59. The van der Waals surface area contributed by atoms with E-state index in [4.69, 9.17) is 5.73 Å². The van der Waals surface area contributed by atoms with Crippen LogP contribution in [0.25, 0.3) is 0 Å². The van der Waals surface area contributed by atoms with Gasteiger partial charge in [-0.3, -0.25) is 19.7 Å². The number of amides is 3. The molecule has 3 amide bonds. The van der Waals surface area contributed by atoms with Gasteiger partial charge >= 0.3 is 0 Å². The van der Waals surface area contributed by atoms with Gasteiger partial charge in [-0.1, -0.05) is 49.6 Å². The average Bonchev–Trinajstić information content (AvgIpc) is 2.67. The fourth-order valence-electron chi connectivity index (χ4n) is 4.14. The van der Waals surface area contributed by atoms with E-state index in [1.807, 2.05) is 30.3 Å². The van der Waals surface area contributed by atoms with Gasteiger partial charge in [-0.05, 0) is 30.7 Å². The first-order valence-electron chi connectivity index (χ1n) is 10.2. The van der Waals surface area contributed by atoms with E-state index < -0.39 is 18.0 Å². The first-order valence-corrected chi connectivity index (χ1v) is 10.2. The lowest BCUT2D eigenvalue weighted by Crippen LogP contribution is -2.63. The highest BCUT2D eigenvalue weighted by Crippen LogP contribution is 2.29. The molecule has 1 heterocycles. The van der Waals surface area contributed by atoms with Crippen LogP contribution >= 0.6 is 0 Å². The summed E-state index contributed by atoms with van der Waals surface area (Å²) >= 11 is 0. The van der Waals surface area contributed by atoms with Crippen LogP contribution in [-0.4, -0.2) is 47.8 Å². The van der Waals surface area contributed by atoms with Crippen LogP contribution in [0.5, 0.6) is 0 Å². The Morgan fingerprint density at radius 1 is 1.07 bits per heavy atom. The molecule has 28 heavy (non-hydrogen) atoms. The predicted molar refractivity (Wildman–Crippen MR) is 106 cm³/mol. The summed E-state index contributed by atoms with van der Waals surface area (Å²) in [5.74, 6) is -0.497. The largest absolute Gasteiger partial charge is 0.369 e. The molecule has 0 unspecified atom stereocenters. The Kier molecular flexibility index (Phi) is 7.03. The monoisotopic (exact) mass is 386 g/mol. The summed E-state index contributed by atoms with van der Waals surface area (Å²) in [5.41, 5.74) is 6.30. The third-order valence-corrected chi connectivity index (χ3v) is 5.80. The molecule has 1 saturated carbocycles. The van der Waals surface area contributed by atoms with Crippen molar-refractivity contribution in [3.63, 3.8) is 0 Å². The Morgan fingerprint density at radius 3 is 2.39 bits per heavy atom. The zero-order valence-electron chi connectivity index (χ0n) is 16.2. The molecule has 2 atom stereocenters. The van der Waals surface area contributed by atoms with Gasteiger partial charge in [0.2, 0.25) is 17.7 Å². The summed E-state index contributed by atoms with van der Waals surface area (Å²) in [7, 11) is 0. The van der Waals surface area contributed by atoms with Crippen molar-refractivity contribution in [2.75, 3.05) is 13.1 Å². The van der Waals surface area contributed by atoms with Crippen LogP contribution in [-0.2, 0) is 20.9 Å². The van der Waals surface area contributed by atoms with Crippen LogP contribution in [0.1, 0.15) is 44.1 Å². The molecular weight excluding hydrogens is 356 g/mol. The Bertz CT molecular complexity index is 688. The first-order chi connectivity index (χ1) is 13.6. The summed E-state index contributed by atoms with van der Waals surface area (Å²) in [6.45, 7) is 1.000. The second-order valence-corrected chi connectivity index (χ2v) is 7.76. The van der Waals surface area contributed by atoms with Crippen molar-refractivity contribution >= 4 is 17.7 Å². The topological polar surface area (TPSA) is 105 Å². The van der Waals surface area contributed by atoms with Crippen molar-refractivity contribution in [3.05, 3.63) is 35.9 Å². The summed E-state index contributed by atoms with van der Waals surface area (Å²) in [6.07, 6.45) is 5.95. The van der Waals surface area contributed by atoms with E-state index >= 15 is 0 Å². The molecule has 7 heteroatoms. The molecule has 2 fully saturated rings. The number of likely N-dealkylation sites (tertiary alicyclic amines) is 1. The number of hydrogen-bond donors (Lipinski definition) is 3. The quantitative estimate of drug-likeness (QED) is 0.618. The van der Waals surface area contributed by atoms with Gasteiger partial charge in [0.15, 0.2) is 0 Å². The molecule has 152 valence electrons. The summed E-state index contributed by atoms with van der Waals surface area (Å²) in [4.78, 5) is 38.6. The molecule has 1 aliphatic carbocycles. The van der Waals surface area contributed by atoms with Crippen LogP contribution < -0.4 is 16.4 Å². The minimum Gasteiger partial charge on any atom is -0.369 e. The Morgan fingerprint density at radius 2 is 1.79 bits per heavy atom. The molecule has 0 bridgehead atoms. The molecular formula is C21H30N4O3. The van der Waals surface area contributed by atoms with E-state index in [1.54, 1.807) is 4.90 Å². The van der Waals surface area contributed by atoms with Crippen molar-refractivity contribution in [2.45, 2.75) is 57.2 Å². The molecule has 7 nitrogen and oxygen atoms in total. The van der Waals surface area contributed by atoms with E-state index in [0.29, 0.717) is 19.5 Å². The smallest absolute Gasteiger partial charge is 0.243 e. The third kappa shape index (κ3) is 5.10. The predicted octanol–water partition coefficient (Wildman–Crippen LogP) is 0.928. The van der Waals surface area contributed by atoms with E-state index in [0.717, 1.165) is 31.2 Å². The normalized spacial score (nSPS) is 20.9. The zero-order chi connectivity index (χ0) is 19.9. The molecule has 0 aromatic heterocycles. The number of carbonyl (C=O) groups is 3. The molecule has 4 N–H and O–H groups in total. The van der Waals surface area contributed by atoms with Crippen molar-refractivity contribution in [2.24, 2.45) is 11.7 Å². The van der Waals surface area contributed by atoms with Crippen molar-refractivity contribution in [3.8, 4) is 0 Å². The highest BCUT2D eigenvalue weighted by molar-refractivity contribution is 5.91. The molecule has 0 spiro atoms. The lowest BCUT2D eigenvalue weighted by molar-refractivity contribution is -0.150. The van der Waals surface area contributed by atoms with Crippen molar-refractivity contribution in [1.29, 1.82) is 0 Å². The summed E-state index contributed by atoms with van der Waals surface area (Å²) in [5, 5.41) is 5.98. The molecule has 2 aliphatic rings. The van der Waals surface area contributed by atoms with Crippen LogP contribution in [0.3, 0.4) is 0 Å². The van der Waals surface area contributed by atoms with E-state index in [1.165, 1.54) is 6.42 Å². The average molecular weight is 386 g/mol. The number of nitrogens with two attached hydrogens (primary N) is 1. The van der Waals surface area contributed by atoms with Gasteiger partial charge in [0.1, 0.15) is 6.04 Å². The number of nitrogens with one attached hydrogen (secondary N) is 2. The van der Waals surface area contributed by atoms with Crippen molar-refractivity contribution < 1.29 is 14.4 Å². The number of nitrogens with zero attached hydrogens (tertiary/aromatic N) is 1. The maximum Gasteiger partial charge on any atom is 0.243 e. The fourth-order valence-corrected chi connectivity index (χ4v) is 4.14. The molecule has 1 saturated heterocycles. The van der Waals surface area contributed by atoms with Gasteiger partial charge in [-0.2, -0.15) is 0 Å². The minimum atomic E-state index is -0.477. The van der Waals surface area contributed by atoms with Crippen molar-refractivity contribution in [1.82, 2.24) is 15.5 Å². The third-order valence-electron chi connectivity index (χ3n) is 5.80. The lowest BCUT2D eigenvalue weighted by Gasteiger charge is -2.43. The maximum atomic E-state index is 13.2. The number of hydrogen-bond acceptors (Lipinski definition) is 4. The standard InChI is InChI=1S/C21H30N4O3/c22-18(26)14-23-19(16-9-5-2-6-10-16)21(28)25-12-11-17(25)20(27)24-13-15-7-3-1-4-8-15/h1,3-4,7-8,16-17,19,23H,2,5-6,9-14H2,(H2,22,26)(H,24,27)/t17-,19+/m0/s1. The van der Waals surface area contributed by atoms with E-state index in [2.05, 4.69) is 10.6 Å². The van der Waals surface area contributed by atoms with Crippen LogP contribution in [0.15, 0.2) is 30.3 Å². The van der Waals surface area contributed by atoms with E-state index in [-0.39, 0.29) is 24.3 Å². The van der Waals surface area contributed by atoms with Gasteiger partial charge in [0.25, 0.3) is 0 Å². The van der Waals surface area contributed by atoms with Crippen LogP contribution in [0.4, 0.5) is 0 Å².